The lowest BCUT2D eigenvalue weighted by atomic mass is 9.53. The number of carbonyl (C=O) groups is 1. The number of aromatic hydroxyl groups is 1. The van der Waals surface area contributed by atoms with E-state index in [1.165, 1.54) is 12.8 Å². The molecule has 1 heterocycles. The number of aryl methyl sites for hydroxylation is 1. The average molecular weight is 450 g/mol. The standard InChI is InChI=1S/C28H35NO4/c1-19-8-11-24(33-18-22-6-4-3-5-7-22)26(31)25(19)27-14-15-29(17-21-9-10-21)20(2)28(27,32)13-12-23(30)16-27/h3-8,11,20-21,31-32H,9-10,12-18H2,1-2H3. The number of hydrogen-bond donors (Lipinski definition) is 2. The van der Waals surface area contributed by atoms with Crippen LogP contribution in [0.1, 0.15) is 62.1 Å². The van der Waals surface area contributed by atoms with Crippen LogP contribution in [0.25, 0.3) is 0 Å². The molecule has 3 aliphatic rings. The van der Waals surface area contributed by atoms with Gasteiger partial charge >= 0.3 is 0 Å². The van der Waals surface area contributed by atoms with Gasteiger partial charge < -0.3 is 14.9 Å². The fourth-order valence-electron chi connectivity index (χ4n) is 6.33. The second kappa shape index (κ2) is 8.44. The van der Waals surface area contributed by atoms with Gasteiger partial charge in [-0.1, -0.05) is 36.4 Å². The zero-order valence-electron chi connectivity index (χ0n) is 19.7. The lowest BCUT2D eigenvalue weighted by molar-refractivity contribution is -0.165. The van der Waals surface area contributed by atoms with Gasteiger partial charge in [0.05, 0.1) is 5.60 Å². The Bertz CT molecular complexity index is 1030. The zero-order valence-corrected chi connectivity index (χ0v) is 19.7. The van der Waals surface area contributed by atoms with Gasteiger partial charge in [0.15, 0.2) is 11.5 Å². The Morgan fingerprint density at radius 2 is 1.88 bits per heavy atom. The molecule has 2 saturated carbocycles. The minimum absolute atomic E-state index is 0.0712. The Kier molecular flexibility index (Phi) is 5.74. The predicted molar refractivity (Wildman–Crippen MR) is 127 cm³/mol. The van der Waals surface area contributed by atoms with Gasteiger partial charge in [0.1, 0.15) is 12.4 Å². The number of carbonyl (C=O) groups excluding carboxylic acids is 1. The number of phenols is 1. The van der Waals surface area contributed by atoms with Crippen LogP contribution in [0.15, 0.2) is 42.5 Å². The number of hydrogen-bond acceptors (Lipinski definition) is 5. The molecule has 3 atom stereocenters. The first kappa shape index (κ1) is 22.4. The van der Waals surface area contributed by atoms with Crippen molar-refractivity contribution in [2.75, 3.05) is 13.1 Å². The van der Waals surface area contributed by atoms with Crippen molar-refractivity contribution in [3.8, 4) is 11.5 Å². The average Bonchev–Trinajstić information content (AvgIpc) is 3.62. The summed E-state index contributed by atoms with van der Waals surface area (Å²) in [5, 5.41) is 23.8. The predicted octanol–water partition coefficient (Wildman–Crippen LogP) is 4.51. The Hall–Kier alpha value is -2.37. The topological polar surface area (TPSA) is 70.0 Å². The van der Waals surface area contributed by atoms with E-state index in [9.17, 15) is 15.0 Å². The quantitative estimate of drug-likeness (QED) is 0.679. The van der Waals surface area contributed by atoms with Crippen LogP contribution >= 0.6 is 0 Å². The van der Waals surface area contributed by atoms with Crippen molar-refractivity contribution in [1.82, 2.24) is 4.90 Å². The van der Waals surface area contributed by atoms with E-state index >= 15 is 0 Å². The second-order valence-corrected chi connectivity index (χ2v) is 10.5. The smallest absolute Gasteiger partial charge is 0.161 e. The maximum Gasteiger partial charge on any atom is 0.161 e. The summed E-state index contributed by atoms with van der Waals surface area (Å²) in [5.74, 6) is 1.37. The van der Waals surface area contributed by atoms with Crippen LogP contribution in [0.5, 0.6) is 11.5 Å². The lowest BCUT2D eigenvalue weighted by Gasteiger charge is -2.60. The molecule has 2 N–H and O–H groups in total. The van der Waals surface area contributed by atoms with Gasteiger partial charge in [0.25, 0.3) is 0 Å². The molecule has 0 bridgehead atoms. The van der Waals surface area contributed by atoms with Gasteiger partial charge in [-0.2, -0.15) is 0 Å². The van der Waals surface area contributed by atoms with E-state index in [1.54, 1.807) is 6.07 Å². The molecule has 3 unspecified atom stereocenters. The number of piperidine rings is 1. The maximum absolute atomic E-state index is 12.8. The van der Waals surface area contributed by atoms with Crippen LogP contribution < -0.4 is 4.74 Å². The molecule has 2 aromatic rings. The highest BCUT2D eigenvalue weighted by atomic mass is 16.5. The highest BCUT2D eigenvalue weighted by molar-refractivity contribution is 5.82. The summed E-state index contributed by atoms with van der Waals surface area (Å²) < 4.78 is 6.03. The number of fused-ring (bicyclic) bond motifs is 1. The summed E-state index contributed by atoms with van der Waals surface area (Å²) in [6.07, 6.45) is 4.29. The molecule has 0 aromatic heterocycles. The molecular weight excluding hydrogens is 414 g/mol. The van der Waals surface area contributed by atoms with Gasteiger partial charge in [-0.05, 0) is 69.2 Å². The van der Waals surface area contributed by atoms with Gasteiger partial charge in [-0.3, -0.25) is 9.69 Å². The molecule has 3 fully saturated rings. The van der Waals surface area contributed by atoms with Crippen molar-refractivity contribution in [3.63, 3.8) is 0 Å². The molecule has 176 valence electrons. The van der Waals surface area contributed by atoms with Crippen molar-refractivity contribution in [3.05, 3.63) is 59.2 Å². The highest BCUT2D eigenvalue weighted by Crippen LogP contribution is 2.57. The monoisotopic (exact) mass is 449 g/mol. The number of aliphatic hydroxyl groups is 1. The fraction of sp³-hybridized carbons (Fsp3) is 0.536. The van der Waals surface area contributed by atoms with E-state index in [2.05, 4.69) is 11.8 Å². The fourth-order valence-corrected chi connectivity index (χ4v) is 6.33. The van der Waals surface area contributed by atoms with Crippen molar-refractivity contribution in [1.29, 1.82) is 0 Å². The minimum atomic E-state index is -1.08. The summed E-state index contributed by atoms with van der Waals surface area (Å²) >= 11 is 0. The number of Topliss-reactive ketones (excluding diaryl/α,β-unsaturated/α-hetero) is 1. The van der Waals surface area contributed by atoms with Gasteiger partial charge in [0, 0.05) is 36.4 Å². The molecular formula is C28H35NO4. The SMILES string of the molecule is Cc1ccc(OCc2ccccc2)c(O)c1C12CCN(CC3CC3)C(C)C1(O)CCC(=O)C2. The number of rotatable bonds is 6. The second-order valence-electron chi connectivity index (χ2n) is 10.5. The first-order valence-electron chi connectivity index (χ1n) is 12.3. The molecule has 2 aliphatic carbocycles. The summed E-state index contributed by atoms with van der Waals surface area (Å²) in [5.41, 5.74) is 0.733. The summed E-state index contributed by atoms with van der Waals surface area (Å²) in [6, 6.07) is 13.5. The third-order valence-electron chi connectivity index (χ3n) is 8.43. The normalized spacial score (nSPS) is 30.2. The van der Waals surface area contributed by atoms with E-state index in [-0.39, 0.29) is 24.0 Å². The van der Waals surface area contributed by atoms with E-state index in [0.717, 1.165) is 30.1 Å². The van der Waals surface area contributed by atoms with Gasteiger partial charge in [-0.25, -0.2) is 0 Å². The Balaban J connectivity index is 1.53. The molecule has 5 nitrogen and oxygen atoms in total. The Morgan fingerprint density at radius 1 is 1.12 bits per heavy atom. The third kappa shape index (κ3) is 3.85. The number of phenolic OH excluding ortho intramolecular Hbond substituents is 1. The van der Waals surface area contributed by atoms with E-state index in [0.29, 0.717) is 37.2 Å². The number of ketones is 1. The molecule has 5 heteroatoms. The molecule has 1 aliphatic heterocycles. The Labute approximate surface area is 196 Å². The summed E-state index contributed by atoms with van der Waals surface area (Å²) in [4.78, 5) is 15.2. The van der Waals surface area contributed by atoms with E-state index in [4.69, 9.17) is 4.74 Å². The van der Waals surface area contributed by atoms with Crippen molar-refractivity contribution >= 4 is 5.78 Å². The van der Waals surface area contributed by atoms with Crippen molar-refractivity contribution in [2.45, 2.75) is 76.0 Å². The molecule has 1 saturated heterocycles. The van der Waals surface area contributed by atoms with Crippen LogP contribution in [-0.2, 0) is 16.8 Å². The number of likely N-dealkylation sites (tertiary alicyclic amines) is 1. The van der Waals surface area contributed by atoms with Crippen molar-refractivity contribution < 1.29 is 19.7 Å². The maximum atomic E-state index is 12.8. The summed E-state index contributed by atoms with van der Waals surface area (Å²) in [6.45, 7) is 6.25. The highest BCUT2D eigenvalue weighted by Gasteiger charge is 2.62. The first-order valence-corrected chi connectivity index (χ1v) is 12.3. The van der Waals surface area contributed by atoms with Crippen LogP contribution in [0.3, 0.4) is 0 Å². The summed E-state index contributed by atoms with van der Waals surface area (Å²) in [7, 11) is 0. The van der Waals surface area contributed by atoms with Gasteiger partial charge in [-0.15, -0.1) is 0 Å². The number of ether oxygens (including phenoxy) is 1. The lowest BCUT2D eigenvalue weighted by Crippen LogP contribution is -2.70. The van der Waals surface area contributed by atoms with Crippen molar-refractivity contribution in [2.24, 2.45) is 5.92 Å². The van der Waals surface area contributed by atoms with Gasteiger partial charge in [0.2, 0.25) is 0 Å². The molecule has 33 heavy (non-hydrogen) atoms. The van der Waals surface area contributed by atoms with Crippen LogP contribution in [0.2, 0.25) is 0 Å². The molecule has 5 rings (SSSR count). The van der Waals surface area contributed by atoms with E-state index < -0.39 is 11.0 Å². The minimum Gasteiger partial charge on any atom is -0.504 e. The van der Waals surface area contributed by atoms with Crippen LogP contribution in [-0.4, -0.2) is 45.6 Å². The first-order chi connectivity index (χ1) is 15.8. The third-order valence-corrected chi connectivity index (χ3v) is 8.43. The zero-order chi connectivity index (χ0) is 23.2. The molecule has 0 spiro atoms. The molecule has 2 aromatic carbocycles. The number of nitrogens with zero attached hydrogens (tertiary/aromatic N) is 1. The molecule has 0 amide bonds. The van der Waals surface area contributed by atoms with Crippen LogP contribution in [0, 0.1) is 12.8 Å². The molecule has 0 radical (unpaired) electrons. The largest absolute Gasteiger partial charge is 0.504 e. The number of benzene rings is 2. The van der Waals surface area contributed by atoms with E-state index in [1.807, 2.05) is 43.3 Å². The Morgan fingerprint density at radius 3 is 2.61 bits per heavy atom. The van der Waals surface area contributed by atoms with Crippen LogP contribution in [0.4, 0.5) is 0 Å².